The number of hydrogen-bond donors (Lipinski definition) is 1. The maximum atomic E-state index is 12.9. The SMILES string of the molecule is CCOc1ccc(C2C(C(=O)CC)=C(O)C(=O)N2c2ccc(N(C)C)cc2)cc1. The predicted octanol–water partition coefficient (Wildman–Crippen LogP) is 4.03. The minimum atomic E-state index is -0.684. The summed E-state index contributed by atoms with van der Waals surface area (Å²) < 4.78 is 5.49. The molecule has 0 fully saturated rings. The van der Waals surface area contributed by atoms with Gasteiger partial charge in [-0.2, -0.15) is 0 Å². The molecule has 1 N–H and O–H groups in total. The van der Waals surface area contributed by atoms with Crippen molar-refractivity contribution in [3.63, 3.8) is 0 Å². The summed E-state index contributed by atoms with van der Waals surface area (Å²) in [7, 11) is 3.87. The molecule has 1 heterocycles. The van der Waals surface area contributed by atoms with Gasteiger partial charge in [0.1, 0.15) is 5.75 Å². The zero-order chi connectivity index (χ0) is 21.1. The number of rotatable bonds is 7. The molecular formula is C23H26N2O4. The van der Waals surface area contributed by atoms with Gasteiger partial charge in [0, 0.05) is 31.9 Å². The lowest BCUT2D eigenvalue weighted by Gasteiger charge is -2.27. The van der Waals surface area contributed by atoms with Gasteiger partial charge in [0.05, 0.1) is 18.2 Å². The van der Waals surface area contributed by atoms with Crippen LogP contribution >= 0.6 is 0 Å². The van der Waals surface area contributed by atoms with Crippen LogP contribution in [-0.4, -0.2) is 37.5 Å². The summed E-state index contributed by atoms with van der Waals surface area (Å²) in [5.41, 5.74) is 2.47. The minimum Gasteiger partial charge on any atom is -0.503 e. The van der Waals surface area contributed by atoms with Crippen LogP contribution in [0.2, 0.25) is 0 Å². The molecule has 0 radical (unpaired) electrons. The van der Waals surface area contributed by atoms with Crippen LogP contribution in [0.1, 0.15) is 31.9 Å². The first-order valence-electron chi connectivity index (χ1n) is 9.69. The zero-order valence-corrected chi connectivity index (χ0v) is 17.2. The van der Waals surface area contributed by atoms with Crippen molar-refractivity contribution >= 4 is 23.1 Å². The summed E-state index contributed by atoms with van der Waals surface area (Å²) in [6, 6.07) is 14.0. The van der Waals surface area contributed by atoms with Crippen molar-refractivity contribution in [2.45, 2.75) is 26.3 Å². The number of anilines is 2. The largest absolute Gasteiger partial charge is 0.503 e. The van der Waals surface area contributed by atoms with Crippen LogP contribution in [-0.2, 0) is 9.59 Å². The highest BCUT2D eigenvalue weighted by Crippen LogP contribution is 2.41. The van der Waals surface area contributed by atoms with E-state index in [4.69, 9.17) is 4.74 Å². The van der Waals surface area contributed by atoms with Crippen LogP contribution in [0.5, 0.6) is 5.75 Å². The normalized spacial score (nSPS) is 16.3. The Bertz CT molecular complexity index is 930. The number of carbonyl (C=O) groups is 2. The molecule has 1 unspecified atom stereocenters. The lowest BCUT2D eigenvalue weighted by Crippen LogP contribution is -2.31. The van der Waals surface area contributed by atoms with E-state index < -0.39 is 17.7 Å². The highest BCUT2D eigenvalue weighted by Gasteiger charge is 2.43. The molecular weight excluding hydrogens is 368 g/mol. The Balaban J connectivity index is 2.08. The Labute approximate surface area is 171 Å². The molecule has 1 aliphatic rings. The highest BCUT2D eigenvalue weighted by molar-refractivity contribution is 6.16. The van der Waals surface area contributed by atoms with E-state index in [0.717, 1.165) is 11.3 Å². The first-order valence-corrected chi connectivity index (χ1v) is 9.69. The van der Waals surface area contributed by atoms with Crippen LogP contribution < -0.4 is 14.5 Å². The number of aliphatic hydroxyl groups excluding tert-OH is 1. The molecule has 0 aromatic heterocycles. The number of ketones is 1. The maximum absolute atomic E-state index is 12.9. The Morgan fingerprint density at radius 1 is 1.07 bits per heavy atom. The lowest BCUT2D eigenvalue weighted by molar-refractivity contribution is -0.118. The second-order valence-electron chi connectivity index (χ2n) is 7.03. The van der Waals surface area contributed by atoms with Crippen LogP contribution in [0, 0.1) is 0 Å². The van der Waals surface area contributed by atoms with E-state index >= 15 is 0 Å². The Hall–Kier alpha value is -3.28. The number of carbonyl (C=O) groups excluding carboxylic acids is 2. The van der Waals surface area contributed by atoms with Crippen molar-refractivity contribution in [1.29, 1.82) is 0 Å². The maximum Gasteiger partial charge on any atom is 0.294 e. The number of amides is 1. The third kappa shape index (κ3) is 3.83. The highest BCUT2D eigenvalue weighted by atomic mass is 16.5. The summed E-state index contributed by atoms with van der Waals surface area (Å²) in [6.07, 6.45) is 0.202. The lowest BCUT2D eigenvalue weighted by atomic mass is 9.94. The number of ether oxygens (including phenoxy) is 1. The smallest absolute Gasteiger partial charge is 0.294 e. The van der Waals surface area contributed by atoms with Crippen molar-refractivity contribution in [3.8, 4) is 5.75 Å². The fraction of sp³-hybridized carbons (Fsp3) is 0.304. The summed E-state index contributed by atoms with van der Waals surface area (Å²) in [6.45, 7) is 4.17. The van der Waals surface area contributed by atoms with Gasteiger partial charge >= 0.3 is 0 Å². The van der Waals surface area contributed by atoms with Gasteiger partial charge in [-0.05, 0) is 48.9 Å². The molecule has 0 spiro atoms. The van der Waals surface area contributed by atoms with Gasteiger partial charge in [-0.25, -0.2) is 0 Å². The molecule has 1 aliphatic heterocycles. The molecule has 152 valence electrons. The summed E-state index contributed by atoms with van der Waals surface area (Å²) in [5.74, 6) is -0.591. The monoisotopic (exact) mass is 394 g/mol. The molecule has 1 atom stereocenters. The molecule has 29 heavy (non-hydrogen) atoms. The van der Waals surface area contributed by atoms with E-state index in [-0.39, 0.29) is 17.8 Å². The fourth-order valence-electron chi connectivity index (χ4n) is 3.49. The van der Waals surface area contributed by atoms with E-state index in [2.05, 4.69) is 0 Å². The topological polar surface area (TPSA) is 70.1 Å². The van der Waals surface area contributed by atoms with Gasteiger partial charge in [0.2, 0.25) is 0 Å². The van der Waals surface area contributed by atoms with Gasteiger partial charge in [-0.3, -0.25) is 14.5 Å². The number of Topliss-reactive ketones (excluding diaryl/α,β-unsaturated/α-hetero) is 1. The van der Waals surface area contributed by atoms with Crippen molar-refractivity contribution in [3.05, 3.63) is 65.4 Å². The van der Waals surface area contributed by atoms with Gasteiger partial charge in [0.15, 0.2) is 11.5 Å². The molecule has 3 rings (SSSR count). The molecule has 0 saturated heterocycles. The van der Waals surface area contributed by atoms with Crippen molar-refractivity contribution in [2.24, 2.45) is 0 Å². The van der Waals surface area contributed by atoms with Crippen LogP contribution in [0.3, 0.4) is 0 Å². The van der Waals surface area contributed by atoms with Crippen molar-refractivity contribution < 1.29 is 19.4 Å². The second-order valence-corrected chi connectivity index (χ2v) is 7.03. The number of benzene rings is 2. The summed E-state index contributed by atoms with van der Waals surface area (Å²) >= 11 is 0. The van der Waals surface area contributed by atoms with Crippen molar-refractivity contribution in [1.82, 2.24) is 0 Å². The van der Waals surface area contributed by atoms with Crippen LogP contribution in [0.4, 0.5) is 11.4 Å². The van der Waals surface area contributed by atoms with E-state index in [1.807, 2.05) is 62.3 Å². The fourth-order valence-corrected chi connectivity index (χ4v) is 3.49. The summed E-state index contributed by atoms with van der Waals surface area (Å²) in [5, 5.41) is 10.5. The molecule has 0 bridgehead atoms. The minimum absolute atomic E-state index is 0.137. The Kier molecular flexibility index (Phi) is 5.92. The van der Waals surface area contributed by atoms with Gasteiger partial charge < -0.3 is 14.7 Å². The first-order chi connectivity index (χ1) is 13.9. The average Bonchev–Trinajstić information content (AvgIpc) is 2.99. The number of nitrogens with zero attached hydrogens (tertiary/aromatic N) is 2. The third-order valence-electron chi connectivity index (χ3n) is 4.98. The average molecular weight is 394 g/mol. The molecule has 6 heteroatoms. The molecule has 2 aromatic carbocycles. The predicted molar refractivity (Wildman–Crippen MR) is 114 cm³/mol. The second kappa shape index (κ2) is 8.39. The standard InChI is InChI=1S/C23H26N2O4/c1-5-19(26)20-21(15-7-13-18(14-8-15)29-6-2)25(23(28)22(20)27)17-11-9-16(10-12-17)24(3)4/h7-14,21,27H,5-6H2,1-4H3. The van der Waals surface area contributed by atoms with E-state index in [9.17, 15) is 14.7 Å². The third-order valence-corrected chi connectivity index (χ3v) is 4.98. The molecule has 1 amide bonds. The molecule has 2 aromatic rings. The van der Waals surface area contributed by atoms with E-state index in [0.29, 0.717) is 18.0 Å². The number of hydrogen-bond acceptors (Lipinski definition) is 5. The Morgan fingerprint density at radius 3 is 2.21 bits per heavy atom. The molecule has 0 saturated carbocycles. The summed E-state index contributed by atoms with van der Waals surface area (Å²) in [4.78, 5) is 29.0. The zero-order valence-electron chi connectivity index (χ0n) is 17.2. The van der Waals surface area contributed by atoms with Crippen molar-refractivity contribution in [2.75, 3.05) is 30.5 Å². The quantitative estimate of drug-likeness (QED) is 0.768. The van der Waals surface area contributed by atoms with E-state index in [1.54, 1.807) is 19.1 Å². The van der Waals surface area contributed by atoms with Gasteiger partial charge in [-0.1, -0.05) is 19.1 Å². The first kappa shape index (κ1) is 20.5. The van der Waals surface area contributed by atoms with Gasteiger partial charge in [-0.15, -0.1) is 0 Å². The van der Waals surface area contributed by atoms with Crippen LogP contribution in [0.15, 0.2) is 59.9 Å². The number of aliphatic hydroxyl groups is 1. The molecule has 6 nitrogen and oxygen atoms in total. The van der Waals surface area contributed by atoms with Crippen LogP contribution in [0.25, 0.3) is 0 Å². The van der Waals surface area contributed by atoms with Gasteiger partial charge in [0.25, 0.3) is 5.91 Å². The Morgan fingerprint density at radius 2 is 1.69 bits per heavy atom. The molecule has 0 aliphatic carbocycles. The van der Waals surface area contributed by atoms with E-state index in [1.165, 1.54) is 4.90 Å².